The third-order valence-electron chi connectivity index (χ3n) is 5.68. The minimum Gasteiger partial charge on any atom is -0.507 e. The highest BCUT2D eigenvalue weighted by Crippen LogP contribution is 2.42. The first-order chi connectivity index (χ1) is 16.5. The number of pyridine rings is 1. The van der Waals surface area contributed by atoms with Gasteiger partial charge in [-0.25, -0.2) is 0 Å². The summed E-state index contributed by atoms with van der Waals surface area (Å²) < 4.78 is 5.74. The van der Waals surface area contributed by atoms with E-state index in [-0.39, 0.29) is 11.3 Å². The van der Waals surface area contributed by atoms with Crippen LogP contribution in [0.1, 0.15) is 43.4 Å². The van der Waals surface area contributed by atoms with Crippen molar-refractivity contribution in [3.05, 3.63) is 94.8 Å². The van der Waals surface area contributed by atoms with Crippen molar-refractivity contribution >= 4 is 34.7 Å². The van der Waals surface area contributed by atoms with Crippen LogP contribution in [0.25, 0.3) is 5.76 Å². The Bertz CT molecular complexity index is 1210. The molecule has 1 fully saturated rings. The summed E-state index contributed by atoms with van der Waals surface area (Å²) in [7, 11) is 0. The predicted molar refractivity (Wildman–Crippen MR) is 132 cm³/mol. The molecule has 0 radical (unpaired) electrons. The number of carbonyl (C=O) groups excluding carboxylic acids is 2. The topological polar surface area (TPSA) is 79.7 Å². The van der Waals surface area contributed by atoms with Gasteiger partial charge in [-0.2, -0.15) is 0 Å². The van der Waals surface area contributed by atoms with E-state index in [4.69, 9.17) is 16.3 Å². The van der Waals surface area contributed by atoms with Crippen LogP contribution in [-0.4, -0.2) is 28.4 Å². The molecule has 34 heavy (non-hydrogen) atoms. The molecule has 3 aromatic rings. The number of aliphatic hydroxyl groups excluding tert-OH is 1. The summed E-state index contributed by atoms with van der Waals surface area (Å²) in [5.41, 5.74) is 1.46. The highest BCUT2D eigenvalue weighted by atomic mass is 35.5. The Kier molecular flexibility index (Phi) is 7.28. The number of unbranched alkanes of at least 4 members (excludes halogenated alkanes) is 2. The van der Waals surface area contributed by atoms with Crippen LogP contribution in [0.4, 0.5) is 5.69 Å². The smallest absolute Gasteiger partial charge is 0.300 e. The molecule has 2 heterocycles. The highest BCUT2D eigenvalue weighted by Gasteiger charge is 2.47. The van der Waals surface area contributed by atoms with E-state index in [1.165, 1.54) is 4.90 Å². The molecule has 174 valence electrons. The van der Waals surface area contributed by atoms with Crippen molar-refractivity contribution in [3.8, 4) is 5.75 Å². The second-order valence-corrected chi connectivity index (χ2v) is 8.45. The van der Waals surface area contributed by atoms with Gasteiger partial charge >= 0.3 is 0 Å². The summed E-state index contributed by atoms with van der Waals surface area (Å²) in [6.07, 6.45) is 6.36. The van der Waals surface area contributed by atoms with Gasteiger partial charge in [0, 0.05) is 28.7 Å². The number of benzene rings is 2. The van der Waals surface area contributed by atoms with Gasteiger partial charge in [0.15, 0.2) is 0 Å². The molecule has 1 amide bonds. The standard InChI is InChI=1S/C27H25ClN2O4/c1-2-3-4-15-34-22-12-10-18(11-13-22)25(31)23-24(19-7-6-14-29-17-19)30(27(33)26(23)32)21-9-5-8-20(28)16-21/h5-14,16-17,24,31H,2-4,15H2,1H3/b25-23+. The zero-order chi connectivity index (χ0) is 24.1. The van der Waals surface area contributed by atoms with Crippen LogP contribution >= 0.6 is 11.6 Å². The molecule has 2 aromatic carbocycles. The molecule has 0 aliphatic carbocycles. The molecule has 1 saturated heterocycles. The molecule has 0 spiro atoms. The molecule has 1 N–H and O–H groups in total. The normalized spacial score (nSPS) is 17.2. The highest BCUT2D eigenvalue weighted by molar-refractivity contribution is 6.51. The van der Waals surface area contributed by atoms with Gasteiger partial charge in [0.2, 0.25) is 0 Å². The van der Waals surface area contributed by atoms with Crippen LogP contribution in [0, 0.1) is 0 Å². The fourth-order valence-electron chi connectivity index (χ4n) is 3.98. The summed E-state index contributed by atoms with van der Waals surface area (Å²) >= 11 is 6.16. The maximum atomic E-state index is 13.2. The number of aliphatic hydroxyl groups is 1. The van der Waals surface area contributed by atoms with E-state index in [0.29, 0.717) is 34.2 Å². The first-order valence-corrected chi connectivity index (χ1v) is 11.6. The van der Waals surface area contributed by atoms with Crippen molar-refractivity contribution in [2.75, 3.05) is 11.5 Å². The number of ether oxygens (including phenoxy) is 1. The zero-order valence-electron chi connectivity index (χ0n) is 18.8. The van der Waals surface area contributed by atoms with Gasteiger partial charge in [0.1, 0.15) is 11.5 Å². The van der Waals surface area contributed by atoms with Crippen molar-refractivity contribution in [1.29, 1.82) is 0 Å². The fourth-order valence-corrected chi connectivity index (χ4v) is 4.17. The van der Waals surface area contributed by atoms with Crippen molar-refractivity contribution < 1.29 is 19.4 Å². The lowest BCUT2D eigenvalue weighted by molar-refractivity contribution is -0.132. The number of anilines is 1. The van der Waals surface area contributed by atoms with Crippen molar-refractivity contribution in [3.63, 3.8) is 0 Å². The van der Waals surface area contributed by atoms with Gasteiger partial charge in [-0.1, -0.05) is 43.5 Å². The summed E-state index contributed by atoms with van der Waals surface area (Å²) in [4.78, 5) is 31.8. The van der Waals surface area contributed by atoms with Crippen molar-refractivity contribution in [2.24, 2.45) is 0 Å². The Morgan fingerprint density at radius 1 is 1.09 bits per heavy atom. The first-order valence-electron chi connectivity index (χ1n) is 11.2. The number of hydrogen-bond acceptors (Lipinski definition) is 5. The Morgan fingerprint density at radius 3 is 2.56 bits per heavy atom. The molecule has 4 rings (SSSR count). The lowest BCUT2D eigenvalue weighted by Gasteiger charge is -2.25. The van der Waals surface area contributed by atoms with E-state index in [1.807, 2.05) is 0 Å². The number of amides is 1. The molecule has 1 aliphatic rings. The van der Waals surface area contributed by atoms with E-state index in [0.717, 1.165) is 19.3 Å². The summed E-state index contributed by atoms with van der Waals surface area (Å²) in [6.45, 7) is 2.75. The van der Waals surface area contributed by atoms with E-state index in [1.54, 1.807) is 73.1 Å². The van der Waals surface area contributed by atoms with Gasteiger partial charge in [-0.3, -0.25) is 19.5 Å². The summed E-state index contributed by atoms with van der Waals surface area (Å²) in [5, 5.41) is 11.6. The number of aromatic nitrogens is 1. The molecule has 0 saturated carbocycles. The predicted octanol–water partition coefficient (Wildman–Crippen LogP) is 5.93. The van der Waals surface area contributed by atoms with Crippen molar-refractivity contribution in [1.82, 2.24) is 4.98 Å². The van der Waals surface area contributed by atoms with E-state index >= 15 is 0 Å². The maximum absolute atomic E-state index is 13.2. The minimum atomic E-state index is -0.850. The number of rotatable bonds is 8. The van der Waals surface area contributed by atoms with Gasteiger partial charge in [-0.05, 0) is 60.5 Å². The van der Waals surface area contributed by atoms with Crippen molar-refractivity contribution in [2.45, 2.75) is 32.2 Å². The number of ketones is 1. The summed E-state index contributed by atoms with van der Waals surface area (Å²) in [6, 6.07) is 16.2. The first kappa shape index (κ1) is 23.5. The average Bonchev–Trinajstić information content (AvgIpc) is 3.13. The average molecular weight is 477 g/mol. The summed E-state index contributed by atoms with van der Waals surface area (Å²) in [5.74, 6) is -1.09. The number of carbonyl (C=O) groups is 2. The van der Waals surface area contributed by atoms with Crippen LogP contribution in [0.2, 0.25) is 5.02 Å². The Morgan fingerprint density at radius 2 is 1.88 bits per heavy atom. The van der Waals surface area contributed by atoms with Crippen LogP contribution < -0.4 is 9.64 Å². The van der Waals surface area contributed by atoms with Crippen LogP contribution in [0.5, 0.6) is 5.75 Å². The molecule has 6 nitrogen and oxygen atoms in total. The third-order valence-corrected chi connectivity index (χ3v) is 5.91. The number of nitrogens with zero attached hydrogens (tertiary/aromatic N) is 2. The molecule has 0 bridgehead atoms. The second-order valence-electron chi connectivity index (χ2n) is 8.02. The van der Waals surface area contributed by atoms with Gasteiger partial charge in [-0.15, -0.1) is 0 Å². The maximum Gasteiger partial charge on any atom is 0.300 e. The fraction of sp³-hybridized carbons (Fsp3) is 0.222. The molecular formula is C27H25ClN2O4. The molecule has 1 aliphatic heterocycles. The Balaban J connectivity index is 1.74. The number of halogens is 1. The lowest BCUT2D eigenvalue weighted by atomic mass is 9.96. The quantitative estimate of drug-likeness (QED) is 0.188. The van der Waals surface area contributed by atoms with Crippen LogP contribution in [0.15, 0.2) is 78.6 Å². The SMILES string of the molecule is CCCCCOc1ccc(/C(O)=C2\C(=O)C(=O)N(c3cccc(Cl)c3)C2c2cccnc2)cc1. The molecule has 1 unspecified atom stereocenters. The Hall–Kier alpha value is -3.64. The zero-order valence-corrected chi connectivity index (χ0v) is 19.5. The second kappa shape index (κ2) is 10.5. The van der Waals surface area contributed by atoms with Gasteiger partial charge in [0.05, 0.1) is 18.2 Å². The number of hydrogen-bond donors (Lipinski definition) is 1. The molecule has 1 aromatic heterocycles. The van der Waals surface area contributed by atoms with Gasteiger partial charge < -0.3 is 9.84 Å². The van der Waals surface area contributed by atoms with E-state index in [2.05, 4.69) is 11.9 Å². The van der Waals surface area contributed by atoms with E-state index in [9.17, 15) is 14.7 Å². The Labute approximate surface area is 203 Å². The van der Waals surface area contributed by atoms with Crippen LogP contribution in [0.3, 0.4) is 0 Å². The van der Waals surface area contributed by atoms with Crippen LogP contribution in [-0.2, 0) is 9.59 Å². The number of Topliss-reactive ketones (excluding diaryl/α,β-unsaturated/α-hetero) is 1. The largest absolute Gasteiger partial charge is 0.507 e. The molecule has 1 atom stereocenters. The molecule has 7 heteroatoms. The molecular weight excluding hydrogens is 452 g/mol. The minimum absolute atomic E-state index is 0.00501. The lowest BCUT2D eigenvalue weighted by Crippen LogP contribution is -2.29. The van der Waals surface area contributed by atoms with Gasteiger partial charge in [0.25, 0.3) is 11.7 Å². The van der Waals surface area contributed by atoms with E-state index < -0.39 is 17.7 Å². The monoisotopic (exact) mass is 476 g/mol. The third kappa shape index (κ3) is 4.82.